The molecule has 0 saturated heterocycles. The summed E-state index contributed by atoms with van der Waals surface area (Å²) in [5, 5.41) is 12.4. The van der Waals surface area contributed by atoms with Crippen LogP contribution in [0.25, 0.3) is 0 Å². The molecule has 0 heterocycles. The van der Waals surface area contributed by atoms with E-state index in [0.29, 0.717) is 11.0 Å². The fraction of sp³-hybridized carbons (Fsp3) is 0.533. The number of hydrogen-bond acceptors (Lipinski definition) is 2. The minimum absolute atomic E-state index is 0.373. The Balaban J connectivity index is 1.53. The summed E-state index contributed by atoms with van der Waals surface area (Å²) in [5.74, 6) is 0.115. The monoisotopic (exact) mass is 245 g/mol. The van der Waals surface area contributed by atoms with Crippen molar-refractivity contribution in [2.45, 2.75) is 32.2 Å². The lowest BCUT2D eigenvalue weighted by Gasteiger charge is -2.15. The molecule has 0 aromatic heterocycles. The van der Waals surface area contributed by atoms with E-state index in [2.05, 4.69) is 5.32 Å². The Morgan fingerprint density at radius 3 is 2.78 bits per heavy atom. The zero-order valence-corrected chi connectivity index (χ0v) is 10.5. The topological polar surface area (TPSA) is 49.3 Å². The van der Waals surface area contributed by atoms with Crippen LogP contribution in [-0.4, -0.2) is 17.6 Å². The molecule has 0 amide bonds. The number of hydrogen-bond donors (Lipinski definition) is 2. The summed E-state index contributed by atoms with van der Waals surface area (Å²) in [6.45, 7) is 1.87. The Labute approximate surface area is 107 Å². The Morgan fingerprint density at radius 2 is 2.17 bits per heavy atom. The molecule has 0 atom stereocenters. The van der Waals surface area contributed by atoms with Gasteiger partial charge in [-0.05, 0) is 54.7 Å². The molecule has 18 heavy (non-hydrogen) atoms. The van der Waals surface area contributed by atoms with Gasteiger partial charge in [0.1, 0.15) is 0 Å². The second-order valence-corrected chi connectivity index (χ2v) is 5.75. The van der Waals surface area contributed by atoms with E-state index < -0.39 is 5.97 Å². The van der Waals surface area contributed by atoms with E-state index >= 15 is 0 Å². The van der Waals surface area contributed by atoms with Crippen LogP contribution >= 0.6 is 0 Å². The molecule has 2 aliphatic rings. The largest absolute Gasteiger partial charge is 0.478 e. The van der Waals surface area contributed by atoms with Gasteiger partial charge in [-0.1, -0.05) is 12.1 Å². The van der Waals surface area contributed by atoms with Crippen LogP contribution in [0, 0.1) is 11.3 Å². The maximum Gasteiger partial charge on any atom is 0.335 e. The molecular weight excluding hydrogens is 226 g/mol. The first-order valence-corrected chi connectivity index (χ1v) is 6.73. The summed E-state index contributed by atoms with van der Waals surface area (Å²) in [4.78, 5) is 10.9. The maximum absolute atomic E-state index is 10.9. The summed E-state index contributed by atoms with van der Waals surface area (Å²) >= 11 is 0. The van der Waals surface area contributed by atoms with Crippen LogP contribution in [-0.2, 0) is 6.54 Å². The molecule has 0 spiro atoms. The molecule has 1 aromatic carbocycles. The van der Waals surface area contributed by atoms with Crippen LogP contribution in [0.1, 0.15) is 41.6 Å². The van der Waals surface area contributed by atoms with Crippen LogP contribution in [0.15, 0.2) is 24.3 Å². The molecule has 2 saturated carbocycles. The number of carboxylic acids is 1. The number of aromatic carboxylic acids is 1. The first kappa shape index (κ1) is 11.7. The van der Waals surface area contributed by atoms with Gasteiger partial charge in [-0.2, -0.15) is 0 Å². The van der Waals surface area contributed by atoms with Crippen molar-refractivity contribution in [2.75, 3.05) is 6.54 Å². The van der Waals surface area contributed by atoms with Crippen molar-refractivity contribution in [1.29, 1.82) is 0 Å². The van der Waals surface area contributed by atoms with Crippen LogP contribution in [0.2, 0.25) is 0 Å². The standard InChI is InChI=1S/C15H19NO2/c17-14(18)12-3-1-2-11(8-12)9-16-10-15(6-7-15)13-4-5-13/h1-3,8,13,16H,4-7,9-10H2,(H,17,18). The summed E-state index contributed by atoms with van der Waals surface area (Å²) in [6.07, 6.45) is 5.58. The van der Waals surface area contributed by atoms with Crippen LogP contribution in [0.5, 0.6) is 0 Å². The lowest BCUT2D eigenvalue weighted by Crippen LogP contribution is -2.25. The molecule has 3 nitrogen and oxygen atoms in total. The Hall–Kier alpha value is -1.35. The molecule has 1 aromatic rings. The van der Waals surface area contributed by atoms with Crippen molar-refractivity contribution >= 4 is 5.97 Å². The van der Waals surface area contributed by atoms with Gasteiger partial charge in [0.25, 0.3) is 0 Å². The van der Waals surface area contributed by atoms with E-state index in [1.807, 2.05) is 12.1 Å². The van der Waals surface area contributed by atoms with E-state index in [-0.39, 0.29) is 0 Å². The van der Waals surface area contributed by atoms with Gasteiger partial charge in [0, 0.05) is 13.1 Å². The molecule has 2 fully saturated rings. The highest BCUT2D eigenvalue weighted by atomic mass is 16.4. The molecule has 0 bridgehead atoms. The van der Waals surface area contributed by atoms with E-state index in [4.69, 9.17) is 5.11 Å². The fourth-order valence-electron chi connectivity index (χ4n) is 2.86. The molecule has 0 unspecified atom stereocenters. The maximum atomic E-state index is 10.9. The zero-order valence-electron chi connectivity index (χ0n) is 10.5. The first-order chi connectivity index (χ1) is 8.70. The highest BCUT2D eigenvalue weighted by molar-refractivity contribution is 5.87. The van der Waals surface area contributed by atoms with Gasteiger partial charge in [-0.15, -0.1) is 0 Å². The summed E-state index contributed by atoms with van der Waals surface area (Å²) in [6, 6.07) is 7.19. The minimum Gasteiger partial charge on any atom is -0.478 e. The van der Waals surface area contributed by atoms with E-state index in [9.17, 15) is 4.79 Å². The Kier molecular flexibility index (Phi) is 2.86. The van der Waals surface area contributed by atoms with Gasteiger partial charge >= 0.3 is 5.97 Å². The van der Waals surface area contributed by atoms with Gasteiger partial charge in [-0.3, -0.25) is 0 Å². The van der Waals surface area contributed by atoms with Crippen LogP contribution < -0.4 is 5.32 Å². The second-order valence-electron chi connectivity index (χ2n) is 5.75. The Bertz CT molecular complexity index is 461. The van der Waals surface area contributed by atoms with Gasteiger partial charge in [0.2, 0.25) is 0 Å². The van der Waals surface area contributed by atoms with Crippen LogP contribution in [0.3, 0.4) is 0 Å². The average molecular weight is 245 g/mol. The van der Waals surface area contributed by atoms with Crippen molar-refractivity contribution < 1.29 is 9.90 Å². The molecule has 3 rings (SSSR count). The third-order valence-corrected chi connectivity index (χ3v) is 4.32. The van der Waals surface area contributed by atoms with Crippen molar-refractivity contribution in [3.05, 3.63) is 35.4 Å². The highest BCUT2D eigenvalue weighted by Gasteiger charge is 2.53. The van der Waals surface area contributed by atoms with Crippen molar-refractivity contribution in [2.24, 2.45) is 11.3 Å². The zero-order chi connectivity index (χ0) is 12.6. The third kappa shape index (κ3) is 2.41. The van der Waals surface area contributed by atoms with Crippen LogP contribution in [0.4, 0.5) is 0 Å². The fourth-order valence-corrected chi connectivity index (χ4v) is 2.86. The number of nitrogens with one attached hydrogen (secondary N) is 1. The lowest BCUT2D eigenvalue weighted by molar-refractivity contribution is 0.0696. The summed E-state index contributed by atoms with van der Waals surface area (Å²) in [5.41, 5.74) is 2.03. The molecule has 3 heteroatoms. The molecule has 0 radical (unpaired) electrons. The number of carboxylic acid groups (broad SMARTS) is 1. The highest BCUT2D eigenvalue weighted by Crippen LogP contribution is 2.60. The van der Waals surface area contributed by atoms with E-state index in [1.165, 1.54) is 25.7 Å². The predicted octanol–water partition coefficient (Wildman–Crippen LogP) is 2.66. The van der Waals surface area contributed by atoms with Gasteiger partial charge < -0.3 is 10.4 Å². The summed E-state index contributed by atoms with van der Waals surface area (Å²) in [7, 11) is 0. The predicted molar refractivity (Wildman–Crippen MR) is 69.5 cm³/mol. The SMILES string of the molecule is O=C(O)c1cccc(CNCC2(C3CC3)CC2)c1. The van der Waals surface area contributed by atoms with E-state index in [1.54, 1.807) is 12.1 Å². The van der Waals surface area contributed by atoms with Gasteiger partial charge in [0.15, 0.2) is 0 Å². The molecule has 2 N–H and O–H groups in total. The van der Waals surface area contributed by atoms with E-state index in [0.717, 1.165) is 24.6 Å². The minimum atomic E-state index is -0.853. The normalized spacial score (nSPS) is 20.7. The van der Waals surface area contributed by atoms with Crippen molar-refractivity contribution in [3.8, 4) is 0 Å². The number of carbonyl (C=O) groups is 1. The summed E-state index contributed by atoms with van der Waals surface area (Å²) < 4.78 is 0. The molecule has 0 aliphatic heterocycles. The molecular formula is C15H19NO2. The molecule has 2 aliphatic carbocycles. The van der Waals surface area contributed by atoms with Gasteiger partial charge in [0.05, 0.1) is 5.56 Å². The quantitative estimate of drug-likeness (QED) is 0.810. The van der Waals surface area contributed by atoms with Crippen molar-refractivity contribution in [1.82, 2.24) is 5.32 Å². The lowest BCUT2D eigenvalue weighted by atomic mass is 10.0. The smallest absolute Gasteiger partial charge is 0.335 e. The number of benzene rings is 1. The molecule has 96 valence electrons. The Morgan fingerprint density at radius 1 is 1.39 bits per heavy atom. The third-order valence-electron chi connectivity index (χ3n) is 4.32. The second kappa shape index (κ2) is 4.39. The van der Waals surface area contributed by atoms with Gasteiger partial charge in [-0.25, -0.2) is 4.79 Å². The average Bonchev–Trinajstić information content (AvgIpc) is 3.23. The van der Waals surface area contributed by atoms with Crippen molar-refractivity contribution in [3.63, 3.8) is 0 Å². The first-order valence-electron chi connectivity index (χ1n) is 6.73. The number of rotatable bonds is 6.